The first-order chi connectivity index (χ1) is 33.8. The Bertz CT molecular complexity index is 3320. The molecule has 0 aliphatic carbocycles. The fourth-order valence-corrected chi connectivity index (χ4v) is 10.2. The average molecular weight is 987 g/mol. The molecule has 70 heavy (non-hydrogen) atoms. The Balaban J connectivity index is 0.784. The molecule has 6 aromatic heterocycles. The molecule has 362 valence electrons. The van der Waals surface area contributed by atoms with Gasteiger partial charge in [0.15, 0.2) is 5.82 Å². The molecule has 0 spiro atoms. The van der Waals surface area contributed by atoms with E-state index in [0.29, 0.717) is 55.7 Å². The number of nitrogens with one attached hydrogen (secondary N) is 2. The first-order valence-electron chi connectivity index (χ1n) is 22.8. The first kappa shape index (κ1) is 48.0. The average Bonchev–Trinajstić information content (AvgIpc) is 4.05. The van der Waals surface area contributed by atoms with Crippen molar-refractivity contribution in [1.82, 2.24) is 49.7 Å². The number of amides is 2. The molecule has 0 fully saturated rings. The van der Waals surface area contributed by atoms with Crippen LogP contribution in [0.25, 0.3) is 38.1 Å². The van der Waals surface area contributed by atoms with Crippen LogP contribution in [0.2, 0.25) is 5.02 Å². The minimum Gasteiger partial charge on any atom is -0.496 e. The van der Waals surface area contributed by atoms with E-state index in [9.17, 15) is 14.4 Å². The Morgan fingerprint density at radius 1 is 0.914 bits per heavy atom. The molecule has 0 saturated carbocycles. The van der Waals surface area contributed by atoms with Crippen LogP contribution in [0.15, 0.2) is 81.3 Å². The lowest BCUT2D eigenvalue weighted by Crippen LogP contribution is -2.35. The number of aliphatic imine (C=N–C) groups is 1. The quantitative estimate of drug-likeness (QED) is 0.0826. The zero-order valence-electron chi connectivity index (χ0n) is 39.8. The predicted octanol–water partition coefficient (Wildman–Crippen LogP) is 7.10. The Hall–Kier alpha value is -7.06. The van der Waals surface area contributed by atoms with E-state index in [0.717, 1.165) is 49.2 Å². The van der Waals surface area contributed by atoms with Crippen molar-refractivity contribution in [2.24, 2.45) is 4.99 Å². The Labute approximate surface area is 411 Å². The summed E-state index contributed by atoms with van der Waals surface area (Å²) < 4.78 is 27.9. The lowest BCUT2D eigenvalue weighted by molar-refractivity contribution is -0.122. The Kier molecular flexibility index (Phi) is 14.0. The van der Waals surface area contributed by atoms with Crippen molar-refractivity contribution in [3.8, 4) is 21.9 Å². The van der Waals surface area contributed by atoms with Gasteiger partial charge in [-0.3, -0.25) is 38.3 Å². The van der Waals surface area contributed by atoms with E-state index in [4.69, 9.17) is 40.3 Å². The molecule has 1 aliphatic rings. The van der Waals surface area contributed by atoms with Crippen LogP contribution in [-0.2, 0) is 25.6 Å². The summed E-state index contributed by atoms with van der Waals surface area (Å²) in [5.41, 5.74) is 8.04. The molecule has 18 nitrogen and oxygen atoms in total. The van der Waals surface area contributed by atoms with Crippen LogP contribution < -0.4 is 21.1 Å². The van der Waals surface area contributed by atoms with Gasteiger partial charge < -0.3 is 29.4 Å². The third kappa shape index (κ3) is 9.36. The fraction of sp³-hybridized carbons (Fsp3) is 0.340. The normalized spacial score (nSPS) is 13.8. The molecule has 0 saturated heterocycles. The molecule has 2 atom stereocenters. The van der Waals surface area contributed by atoms with Gasteiger partial charge in [0.1, 0.15) is 34.9 Å². The van der Waals surface area contributed by atoms with Crippen LogP contribution in [0.5, 0.6) is 5.75 Å². The highest BCUT2D eigenvalue weighted by Gasteiger charge is 2.33. The van der Waals surface area contributed by atoms with Crippen LogP contribution in [0.1, 0.15) is 75.8 Å². The van der Waals surface area contributed by atoms with Crippen molar-refractivity contribution >= 4 is 62.4 Å². The number of imidazole rings is 1. The van der Waals surface area contributed by atoms with E-state index in [1.54, 1.807) is 35.4 Å². The van der Waals surface area contributed by atoms with Crippen LogP contribution in [0, 0.1) is 34.6 Å². The largest absolute Gasteiger partial charge is 0.496 e. The number of hydrogen-bond acceptors (Lipinski definition) is 14. The van der Waals surface area contributed by atoms with E-state index in [1.165, 1.54) is 4.57 Å². The van der Waals surface area contributed by atoms with Crippen LogP contribution in [0.4, 0.5) is 0 Å². The number of ether oxygens (including phenoxy) is 3. The van der Waals surface area contributed by atoms with E-state index < -0.39 is 12.1 Å². The summed E-state index contributed by atoms with van der Waals surface area (Å²) in [5.74, 6) is 1.94. The molecule has 20 heteroatoms. The standard InChI is InChI=1S/C50H52ClN11O7S/c1-27-31(5)70-49-44(27)46(33-11-13-34(51)14-12-33)56-39(48-58-57-32(6)62(48)49)24-42(63)53-16-18-67-20-21-68-19-17-54-43(64)26-60-40-25-55-38-22-36(45-28(2)59-69-30(45)4)41(66-7)23-35(38)47(40)61(50(60)65)29(3)37-10-8-9-15-52-37/h8-15,22-23,25,29,39H,16-21,24,26H2,1-7H3,(H,53,63)(H,54,64)/t29?,39-/m0/s1. The molecule has 0 radical (unpaired) electrons. The molecule has 2 amide bonds. The fourth-order valence-electron chi connectivity index (χ4n) is 8.90. The summed E-state index contributed by atoms with van der Waals surface area (Å²) in [6, 6.07) is 15.8. The zero-order chi connectivity index (χ0) is 49.2. The highest BCUT2D eigenvalue weighted by molar-refractivity contribution is 7.15. The van der Waals surface area contributed by atoms with Gasteiger partial charge in [-0.05, 0) is 83.5 Å². The topological polar surface area (TPSA) is 208 Å². The molecule has 2 N–H and O–H groups in total. The molecule has 1 unspecified atom stereocenters. The molecule has 9 rings (SSSR count). The number of fused-ring (bicyclic) bond motifs is 6. The number of nitrogens with zero attached hydrogens (tertiary/aromatic N) is 9. The van der Waals surface area contributed by atoms with E-state index in [1.807, 2.05) is 86.9 Å². The highest BCUT2D eigenvalue weighted by atomic mass is 35.5. The number of methoxy groups -OCH3 is 1. The monoisotopic (exact) mass is 985 g/mol. The third-order valence-corrected chi connectivity index (χ3v) is 13.9. The summed E-state index contributed by atoms with van der Waals surface area (Å²) in [5, 5.41) is 21.1. The number of rotatable bonds is 18. The summed E-state index contributed by atoms with van der Waals surface area (Å²) in [6.45, 7) is 12.9. The smallest absolute Gasteiger partial charge is 0.330 e. The molecule has 7 heterocycles. The van der Waals surface area contributed by atoms with Crippen molar-refractivity contribution < 1.29 is 28.3 Å². The van der Waals surface area contributed by atoms with Crippen molar-refractivity contribution in [3.63, 3.8) is 0 Å². The van der Waals surface area contributed by atoms with Gasteiger partial charge in [-0.15, -0.1) is 21.5 Å². The van der Waals surface area contributed by atoms with Crippen molar-refractivity contribution in [2.45, 2.75) is 66.6 Å². The second-order valence-corrected chi connectivity index (χ2v) is 18.6. The summed E-state index contributed by atoms with van der Waals surface area (Å²) in [6.07, 6.45) is 3.36. The van der Waals surface area contributed by atoms with Gasteiger partial charge in [-0.25, -0.2) is 4.79 Å². The minimum absolute atomic E-state index is 0.0624. The molecule has 0 bridgehead atoms. The third-order valence-electron chi connectivity index (χ3n) is 12.5. The lowest BCUT2D eigenvalue weighted by Gasteiger charge is -2.15. The number of benzene rings is 2. The number of hydrogen-bond donors (Lipinski definition) is 2. The number of carbonyl (C=O) groups is 2. The molecular formula is C50H52ClN11O7S. The first-order valence-corrected chi connectivity index (χ1v) is 24.0. The molecule has 8 aromatic rings. The van der Waals surface area contributed by atoms with E-state index >= 15 is 0 Å². The van der Waals surface area contributed by atoms with Crippen LogP contribution in [-0.4, -0.2) is 103 Å². The van der Waals surface area contributed by atoms with Crippen LogP contribution >= 0.6 is 22.9 Å². The summed E-state index contributed by atoms with van der Waals surface area (Å²) in [4.78, 5) is 56.8. The highest BCUT2D eigenvalue weighted by Crippen LogP contribution is 2.41. The molecule has 1 aliphatic heterocycles. The maximum atomic E-state index is 14.4. The maximum absolute atomic E-state index is 14.4. The number of carbonyl (C=O) groups excluding carboxylic acids is 2. The van der Waals surface area contributed by atoms with Crippen LogP contribution in [0.3, 0.4) is 0 Å². The lowest BCUT2D eigenvalue weighted by atomic mass is 9.99. The Morgan fingerprint density at radius 3 is 2.34 bits per heavy atom. The SMILES string of the molecule is COc1cc2c(cc1-c1c(C)noc1C)ncc1c2n(C(C)c2ccccn2)c(=O)n1CC(=O)NCCOCCOCCNC(=O)C[C@@H]1N=C(c2ccc(Cl)cc2)c2c(sc(C)c2C)-n2c(C)nnc21. The number of aryl methyl sites for hydroxylation is 4. The van der Waals surface area contributed by atoms with Crippen molar-refractivity contribution in [2.75, 3.05) is 46.6 Å². The molecule has 2 aromatic carbocycles. The summed E-state index contributed by atoms with van der Waals surface area (Å²) >= 11 is 7.90. The second kappa shape index (κ2) is 20.5. The van der Waals surface area contributed by atoms with Gasteiger partial charge in [-0.1, -0.05) is 35.0 Å². The minimum atomic E-state index is -0.583. The summed E-state index contributed by atoms with van der Waals surface area (Å²) in [7, 11) is 1.58. The van der Waals surface area contributed by atoms with Gasteiger partial charge in [0.2, 0.25) is 11.8 Å². The number of thiophene rings is 1. The predicted molar refractivity (Wildman–Crippen MR) is 267 cm³/mol. The van der Waals surface area contributed by atoms with Crippen molar-refractivity contribution in [3.05, 3.63) is 133 Å². The van der Waals surface area contributed by atoms with Gasteiger partial charge >= 0.3 is 5.69 Å². The van der Waals surface area contributed by atoms with Crippen molar-refractivity contribution in [1.29, 1.82) is 0 Å². The van der Waals surface area contributed by atoms with Gasteiger partial charge in [0.05, 0.1) is 91.4 Å². The van der Waals surface area contributed by atoms with E-state index in [2.05, 4.69) is 44.8 Å². The number of pyridine rings is 2. The second-order valence-electron chi connectivity index (χ2n) is 17.0. The Morgan fingerprint density at radius 2 is 1.66 bits per heavy atom. The van der Waals surface area contributed by atoms with Gasteiger partial charge in [-0.2, -0.15) is 0 Å². The molecular weight excluding hydrogens is 934 g/mol. The van der Waals surface area contributed by atoms with Gasteiger partial charge in [0, 0.05) is 51.3 Å². The number of aromatic nitrogens is 8. The van der Waals surface area contributed by atoms with E-state index in [-0.39, 0.29) is 70.0 Å². The maximum Gasteiger partial charge on any atom is 0.330 e. The zero-order valence-corrected chi connectivity index (χ0v) is 41.4. The number of halogens is 1. The van der Waals surface area contributed by atoms with Gasteiger partial charge in [0.25, 0.3) is 0 Å².